The first-order chi connectivity index (χ1) is 12.3. The third-order valence-corrected chi connectivity index (χ3v) is 5.41. The van der Waals surface area contributed by atoms with Crippen molar-refractivity contribution in [3.63, 3.8) is 0 Å². The summed E-state index contributed by atoms with van der Waals surface area (Å²) in [6, 6.07) is 11.8. The van der Waals surface area contributed by atoms with Gasteiger partial charge in [0.25, 0.3) is 5.56 Å². The number of nitrogens with one attached hydrogen (secondary N) is 2. The molecule has 4 rings (SSSR count). The molecule has 7 heteroatoms. The number of thiophene rings is 1. The van der Waals surface area contributed by atoms with E-state index in [1.54, 1.807) is 17.4 Å². The Labute approximate surface area is 149 Å². The molecule has 25 heavy (non-hydrogen) atoms. The van der Waals surface area contributed by atoms with E-state index in [-0.39, 0.29) is 11.6 Å². The van der Waals surface area contributed by atoms with Gasteiger partial charge in [-0.1, -0.05) is 18.2 Å². The van der Waals surface area contributed by atoms with Gasteiger partial charge in [-0.2, -0.15) is 0 Å². The van der Waals surface area contributed by atoms with E-state index in [1.807, 2.05) is 18.2 Å². The van der Waals surface area contributed by atoms with Crippen molar-refractivity contribution in [2.75, 3.05) is 38.2 Å². The van der Waals surface area contributed by atoms with E-state index in [0.717, 1.165) is 26.3 Å². The van der Waals surface area contributed by atoms with Crippen LogP contribution in [0.2, 0.25) is 0 Å². The molecular formula is C18H20N4O2S. The largest absolute Gasteiger partial charge is 0.379 e. The van der Waals surface area contributed by atoms with E-state index in [1.165, 1.54) is 4.88 Å². The molecule has 0 saturated carbocycles. The minimum atomic E-state index is -0.118. The van der Waals surface area contributed by atoms with Crippen LogP contribution in [0.1, 0.15) is 10.9 Å². The highest BCUT2D eigenvalue weighted by atomic mass is 32.1. The Kier molecular flexibility index (Phi) is 4.78. The summed E-state index contributed by atoms with van der Waals surface area (Å²) in [6.45, 7) is 4.01. The third-order valence-electron chi connectivity index (χ3n) is 4.43. The molecule has 130 valence electrons. The summed E-state index contributed by atoms with van der Waals surface area (Å²) in [7, 11) is 0. The molecule has 3 aromatic rings. The number of H-pyrrole nitrogens is 1. The first kappa shape index (κ1) is 16.3. The summed E-state index contributed by atoms with van der Waals surface area (Å²) in [5.74, 6) is 0.513. The zero-order valence-electron chi connectivity index (χ0n) is 13.8. The average Bonchev–Trinajstić information content (AvgIpc) is 3.17. The maximum Gasteiger partial charge on any atom is 0.260 e. The summed E-state index contributed by atoms with van der Waals surface area (Å²) in [4.78, 5) is 23.3. The predicted molar refractivity (Wildman–Crippen MR) is 100 cm³/mol. The van der Waals surface area contributed by atoms with Gasteiger partial charge in [-0.15, -0.1) is 11.3 Å². The van der Waals surface area contributed by atoms with Crippen LogP contribution in [0, 0.1) is 0 Å². The van der Waals surface area contributed by atoms with Crippen LogP contribution in [0.5, 0.6) is 0 Å². The van der Waals surface area contributed by atoms with Crippen LogP contribution in [0.3, 0.4) is 0 Å². The highest BCUT2D eigenvalue weighted by Gasteiger charge is 2.23. The molecule has 0 amide bonds. The Balaban J connectivity index is 1.55. The second-order valence-electron chi connectivity index (χ2n) is 5.99. The van der Waals surface area contributed by atoms with Gasteiger partial charge in [0.1, 0.15) is 0 Å². The minimum Gasteiger partial charge on any atom is -0.379 e. The number of aromatic nitrogens is 2. The Morgan fingerprint density at radius 1 is 1.24 bits per heavy atom. The van der Waals surface area contributed by atoms with Crippen LogP contribution in [-0.4, -0.2) is 47.7 Å². The molecule has 0 radical (unpaired) electrons. The summed E-state index contributed by atoms with van der Waals surface area (Å²) < 4.78 is 5.48. The fourth-order valence-corrected chi connectivity index (χ4v) is 4.00. The van der Waals surface area contributed by atoms with Crippen molar-refractivity contribution < 1.29 is 4.74 Å². The molecule has 3 heterocycles. The summed E-state index contributed by atoms with van der Waals surface area (Å²) >= 11 is 1.75. The van der Waals surface area contributed by atoms with Gasteiger partial charge >= 0.3 is 0 Å². The van der Waals surface area contributed by atoms with Crippen molar-refractivity contribution in [1.82, 2.24) is 14.9 Å². The molecule has 1 aromatic carbocycles. The molecule has 0 bridgehead atoms. The van der Waals surface area contributed by atoms with Gasteiger partial charge in [0.2, 0.25) is 5.95 Å². The van der Waals surface area contributed by atoms with Crippen LogP contribution in [-0.2, 0) is 4.74 Å². The fourth-order valence-electron chi connectivity index (χ4n) is 3.14. The Morgan fingerprint density at radius 2 is 2.08 bits per heavy atom. The molecule has 6 nitrogen and oxygen atoms in total. The number of fused-ring (bicyclic) bond motifs is 1. The third kappa shape index (κ3) is 3.58. The van der Waals surface area contributed by atoms with Crippen molar-refractivity contribution in [2.24, 2.45) is 0 Å². The van der Waals surface area contributed by atoms with Gasteiger partial charge < -0.3 is 10.1 Å². The van der Waals surface area contributed by atoms with Crippen molar-refractivity contribution in [3.8, 4) is 0 Å². The van der Waals surface area contributed by atoms with Gasteiger partial charge in [-0.3, -0.25) is 14.7 Å². The van der Waals surface area contributed by atoms with Crippen LogP contribution >= 0.6 is 11.3 Å². The molecule has 1 atom stereocenters. The van der Waals surface area contributed by atoms with Crippen molar-refractivity contribution >= 4 is 28.2 Å². The highest BCUT2D eigenvalue weighted by Crippen LogP contribution is 2.26. The predicted octanol–water partition coefficient (Wildman–Crippen LogP) is 2.47. The van der Waals surface area contributed by atoms with Gasteiger partial charge in [-0.25, -0.2) is 4.98 Å². The lowest BCUT2D eigenvalue weighted by Crippen LogP contribution is -2.41. The van der Waals surface area contributed by atoms with Crippen molar-refractivity contribution in [2.45, 2.75) is 6.04 Å². The number of ether oxygens (including phenoxy) is 1. The standard InChI is InChI=1S/C18H20N4O2S/c23-17-13-4-1-2-5-14(13)20-18(21-17)19-12-15(16-6-3-11-25-16)22-7-9-24-10-8-22/h1-6,11,15H,7-10,12H2,(H2,19,20,21,23). The quantitative estimate of drug-likeness (QED) is 0.735. The number of nitrogens with zero attached hydrogens (tertiary/aromatic N) is 2. The topological polar surface area (TPSA) is 70.2 Å². The molecule has 1 saturated heterocycles. The summed E-state index contributed by atoms with van der Waals surface area (Å²) in [5.41, 5.74) is 0.583. The van der Waals surface area contributed by atoms with Crippen molar-refractivity contribution in [3.05, 3.63) is 57.0 Å². The zero-order valence-corrected chi connectivity index (χ0v) is 14.6. The number of benzene rings is 1. The van der Waals surface area contributed by atoms with E-state index in [2.05, 4.69) is 37.7 Å². The molecule has 0 spiro atoms. The minimum absolute atomic E-state index is 0.118. The highest BCUT2D eigenvalue weighted by molar-refractivity contribution is 7.10. The monoisotopic (exact) mass is 356 g/mol. The number of hydrogen-bond acceptors (Lipinski definition) is 6. The zero-order chi connectivity index (χ0) is 17.1. The first-order valence-corrected chi connectivity index (χ1v) is 9.27. The average molecular weight is 356 g/mol. The maximum atomic E-state index is 12.2. The molecular weight excluding hydrogens is 336 g/mol. The van der Waals surface area contributed by atoms with Crippen LogP contribution < -0.4 is 10.9 Å². The van der Waals surface area contributed by atoms with Crippen LogP contribution in [0.25, 0.3) is 10.9 Å². The first-order valence-electron chi connectivity index (χ1n) is 8.39. The van der Waals surface area contributed by atoms with Crippen LogP contribution in [0.4, 0.5) is 5.95 Å². The number of hydrogen-bond donors (Lipinski definition) is 2. The van der Waals surface area contributed by atoms with Gasteiger partial charge in [0.05, 0.1) is 30.2 Å². The number of para-hydroxylation sites is 1. The molecule has 1 aliphatic heterocycles. The lowest BCUT2D eigenvalue weighted by molar-refractivity contribution is 0.0193. The second-order valence-corrected chi connectivity index (χ2v) is 6.97. The van der Waals surface area contributed by atoms with E-state index < -0.39 is 0 Å². The number of aromatic amines is 1. The molecule has 1 fully saturated rings. The van der Waals surface area contributed by atoms with Crippen molar-refractivity contribution in [1.29, 1.82) is 0 Å². The van der Waals surface area contributed by atoms with Gasteiger partial charge in [-0.05, 0) is 23.6 Å². The molecule has 1 aliphatic rings. The maximum absolute atomic E-state index is 12.2. The lowest BCUT2D eigenvalue weighted by Gasteiger charge is -2.34. The second kappa shape index (κ2) is 7.35. The number of morpholine rings is 1. The Bertz CT molecular complexity index is 887. The lowest BCUT2D eigenvalue weighted by atomic mass is 10.2. The molecule has 0 aliphatic carbocycles. The van der Waals surface area contributed by atoms with E-state index in [9.17, 15) is 4.79 Å². The normalized spacial score (nSPS) is 16.8. The Hall–Kier alpha value is -2.22. The Morgan fingerprint density at radius 3 is 2.88 bits per heavy atom. The van der Waals surface area contributed by atoms with Gasteiger partial charge in [0.15, 0.2) is 0 Å². The number of anilines is 1. The SMILES string of the molecule is O=c1[nH]c(NCC(c2cccs2)N2CCOCC2)nc2ccccc12. The van der Waals surface area contributed by atoms with E-state index >= 15 is 0 Å². The van der Waals surface area contributed by atoms with E-state index in [0.29, 0.717) is 23.4 Å². The molecule has 2 N–H and O–H groups in total. The molecule has 2 aromatic heterocycles. The summed E-state index contributed by atoms with van der Waals surface area (Å²) in [5, 5.41) is 6.02. The fraction of sp³-hybridized carbons (Fsp3) is 0.333. The molecule has 1 unspecified atom stereocenters. The smallest absolute Gasteiger partial charge is 0.260 e. The van der Waals surface area contributed by atoms with Gasteiger partial charge in [0, 0.05) is 24.5 Å². The van der Waals surface area contributed by atoms with Crippen LogP contribution in [0.15, 0.2) is 46.6 Å². The summed E-state index contributed by atoms with van der Waals surface area (Å²) in [6.07, 6.45) is 0. The number of rotatable bonds is 5. The van der Waals surface area contributed by atoms with E-state index in [4.69, 9.17) is 4.74 Å².